The van der Waals surface area contributed by atoms with Crippen LogP contribution in [0.25, 0.3) is 0 Å². The SMILES string of the molecule is Cc1ccc(OCC2CCC2)cc1N. The molecule has 0 aliphatic heterocycles. The molecule has 0 radical (unpaired) electrons. The third kappa shape index (κ3) is 2.00. The minimum Gasteiger partial charge on any atom is -0.493 e. The number of benzene rings is 1. The van der Waals surface area contributed by atoms with Crippen molar-refractivity contribution in [3.05, 3.63) is 23.8 Å². The molecule has 2 nitrogen and oxygen atoms in total. The molecule has 0 heterocycles. The number of hydrogen-bond donors (Lipinski definition) is 1. The van der Waals surface area contributed by atoms with Crippen molar-refractivity contribution in [2.75, 3.05) is 12.3 Å². The highest BCUT2D eigenvalue weighted by atomic mass is 16.5. The molecule has 0 aromatic heterocycles. The fraction of sp³-hybridized carbons (Fsp3) is 0.500. The fourth-order valence-corrected chi connectivity index (χ4v) is 1.58. The average molecular weight is 191 g/mol. The second-order valence-corrected chi connectivity index (χ2v) is 4.13. The molecule has 1 saturated carbocycles. The van der Waals surface area contributed by atoms with Crippen molar-refractivity contribution in [3.8, 4) is 5.75 Å². The number of hydrogen-bond acceptors (Lipinski definition) is 2. The summed E-state index contributed by atoms with van der Waals surface area (Å²) in [6, 6.07) is 5.91. The monoisotopic (exact) mass is 191 g/mol. The Balaban J connectivity index is 1.91. The molecule has 1 aromatic carbocycles. The van der Waals surface area contributed by atoms with Crippen molar-refractivity contribution in [2.24, 2.45) is 5.92 Å². The zero-order chi connectivity index (χ0) is 9.97. The van der Waals surface area contributed by atoms with Gasteiger partial charge in [-0.1, -0.05) is 12.5 Å². The second-order valence-electron chi connectivity index (χ2n) is 4.13. The van der Waals surface area contributed by atoms with Gasteiger partial charge in [0, 0.05) is 11.8 Å². The third-order valence-corrected chi connectivity index (χ3v) is 2.96. The van der Waals surface area contributed by atoms with Crippen LogP contribution in [0.4, 0.5) is 5.69 Å². The lowest BCUT2D eigenvalue weighted by Gasteiger charge is -2.25. The van der Waals surface area contributed by atoms with E-state index in [4.69, 9.17) is 10.5 Å². The van der Waals surface area contributed by atoms with Crippen LogP contribution in [0, 0.1) is 12.8 Å². The van der Waals surface area contributed by atoms with E-state index in [1.54, 1.807) is 0 Å². The third-order valence-electron chi connectivity index (χ3n) is 2.96. The van der Waals surface area contributed by atoms with E-state index in [1.165, 1.54) is 19.3 Å². The number of rotatable bonds is 3. The van der Waals surface area contributed by atoms with Crippen LogP contribution in [0.3, 0.4) is 0 Å². The molecule has 14 heavy (non-hydrogen) atoms. The molecule has 76 valence electrons. The Kier molecular flexibility index (Phi) is 2.62. The summed E-state index contributed by atoms with van der Waals surface area (Å²) in [4.78, 5) is 0. The summed E-state index contributed by atoms with van der Waals surface area (Å²) >= 11 is 0. The van der Waals surface area contributed by atoms with Gasteiger partial charge in [-0.15, -0.1) is 0 Å². The molecule has 0 amide bonds. The first-order valence-electron chi connectivity index (χ1n) is 5.24. The summed E-state index contributed by atoms with van der Waals surface area (Å²) in [5.41, 5.74) is 7.72. The first kappa shape index (κ1) is 9.38. The minimum absolute atomic E-state index is 0.775. The van der Waals surface area contributed by atoms with Crippen LogP contribution in [0.1, 0.15) is 24.8 Å². The van der Waals surface area contributed by atoms with Crippen LogP contribution in [0.2, 0.25) is 0 Å². The quantitative estimate of drug-likeness (QED) is 0.745. The van der Waals surface area contributed by atoms with Crippen LogP contribution in [-0.4, -0.2) is 6.61 Å². The summed E-state index contributed by atoms with van der Waals surface area (Å²) in [7, 11) is 0. The van der Waals surface area contributed by atoms with Gasteiger partial charge < -0.3 is 10.5 Å². The van der Waals surface area contributed by atoms with Gasteiger partial charge in [-0.3, -0.25) is 0 Å². The Hall–Kier alpha value is -1.18. The van der Waals surface area contributed by atoms with E-state index >= 15 is 0 Å². The van der Waals surface area contributed by atoms with Crippen molar-refractivity contribution < 1.29 is 4.74 Å². The van der Waals surface area contributed by atoms with Crippen LogP contribution < -0.4 is 10.5 Å². The van der Waals surface area contributed by atoms with Crippen molar-refractivity contribution >= 4 is 5.69 Å². The van der Waals surface area contributed by atoms with E-state index in [1.807, 2.05) is 25.1 Å². The Morgan fingerprint density at radius 3 is 2.79 bits per heavy atom. The molecular weight excluding hydrogens is 174 g/mol. The van der Waals surface area contributed by atoms with Crippen LogP contribution in [0.15, 0.2) is 18.2 Å². The van der Waals surface area contributed by atoms with E-state index in [-0.39, 0.29) is 0 Å². The lowest BCUT2D eigenvalue weighted by atomic mass is 9.86. The Morgan fingerprint density at radius 1 is 1.43 bits per heavy atom. The Labute approximate surface area is 85.1 Å². The molecular formula is C12H17NO. The normalized spacial score (nSPS) is 16.4. The van der Waals surface area contributed by atoms with Crippen molar-refractivity contribution in [1.82, 2.24) is 0 Å². The number of aryl methyl sites for hydroxylation is 1. The zero-order valence-electron chi connectivity index (χ0n) is 8.62. The molecule has 0 bridgehead atoms. The zero-order valence-corrected chi connectivity index (χ0v) is 8.62. The van der Waals surface area contributed by atoms with E-state index < -0.39 is 0 Å². The lowest BCUT2D eigenvalue weighted by Crippen LogP contribution is -2.19. The number of nitrogen functional groups attached to an aromatic ring is 1. The summed E-state index contributed by atoms with van der Waals surface area (Å²) < 4.78 is 5.67. The minimum atomic E-state index is 0.775. The number of ether oxygens (including phenoxy) is 1. The standard InChI is InChI=1S/C12H17NO/c1-9-5-6-11(7-12(9)13)14-8-10-3-2-4-10/h5-7,10H,2-4,8,13H2,1H3. The molecule has 1 aliphatic rings. The maximum Gasteiger partial charge on any atom is 0.121 e. The van der Waals surface area contributed by atoms with E-state index in [9.17, 15) is 0 Å². The topological polar surface area (TPSA) is 35.2 Å². The number of anilines is 1. The van der Waals surface area contributed by atoms with Gasteiger partial charge in [-0.25, -0.2) is 0 Å². The summed E-state index contributed by atoms with van der Waals surface area (Å²) in [5, 5.41) is 0. The lowest BCUT2D eigenvalue weighted by molar-refractivity contribution is 0.180. The summed E-state index contributed by atoms with van der Waals surface area (Å²) in [6.45, 7) is 2.85. The van der Waals surface area contributed by atoms with Gasteiger partial charge >= 0.3 is 0 Å². The molecule has 1 fully saturated rings. The van der Waals surface area contributed by atoms with Crippen molar-refractivity contribution in [2.45, 2.75) is 26.2 Å². The van der Waals surface area contributed by atoms with Crippen molar-refractivity contribution in [1.29, 1.82) is 0 Å². The van der Waals surface area contributed by atoms with E-state index in [0.29, 0.717) is 0 Å². The highest BCUT2D eigenvalue weighted by Gasteiger charge is 2.17. The van der Waals surface area contributed by atoms with Crippen LogP contribution in [0.5, 0.6) is 5.75 Å². The maximum atomic E-state index is 5.79. The van der Waals surface area contributed by atoms with Gasteiger partial charge in [0.05, 0.1) is 6.61 Å². The van der Waals surface area contributed by atoms with Gasteiger partial charge in [-0.2, -0.15) is 0 Å². The maximum absolute atomic E-state index is 5.79. The second kappa shape index (κ2) is 3.91. The summed E-state index contributed by atoms with van der Waals surface area (Å²) in [5.74, 6) is 1.68. The van der Waals surface area contributed by atoms with Gasteiger partial charge in [0.25, 0.3) is 0 Å². The van der Waals surface area contributed by atoms with Crippen LogP contribution >= 0.6 is 0 Å². The molecule has 1 aromatic rings. The smallest absolute Gasteiger partial charge is 0.121 e. The fourth-order valence-electron chi connectivity index (χ4n) is 1.58. The summed E-state index contributed by atoms with van der Waals surface area (Å²) in [6.07, 6.45) is 4.01. The average Bonchev–Trinajstić information content (AvgIpc) is 2.08. The van der Waals surface area contributed by atoms with E-state index in [2.05, 4.69) is 0 Å². The highest BCUT2D eigenvalue weighted by molar-refractivity contribution is 5.50. The first-order chi connectivity index (χ1) is 6.75. The Bertz CT molecular complexity index is 318. The van der Waals surface area contributed by atoms with Gasteiger partial charge in [0.2, 0.25) is 0 Å². The van der Waals surface area contributed by atoms with E-state index in [0.717, 1.165) is 29.5 Å². The van der Waals surface area contributed by atoms with Gasteiger partial charge in [0.1, 0.15) is 5.75 Å². The van der Waals surface area contributed by atoms with Gasteiger partial charge in [-0.05, 0) is 37.3 Å². The molecule has 2 rings (SSSR count). The Morgan fingerprint density at radius 2 is 2.21 bits per heavy atom. The molecule has 0 unspecified atom stereocenters. The van der Waals surface area contributed by atoms with Crippen molar-refractivity contribution in [3.63, 3.8) is 0 Å². The molecule has 2 heteroatoms. The van der Waals surface area contributed by atoms with Crippen LogP contribution in [-0.2, 0) is 0 Å². The molecule has 0 spiro atoms. The highest BCUT2D eigenvalue weighted by Crippen LogP contribution is 2.27. The largest absolute Gasteiger partial charge is 0.493 e. The van der Waals surface area contributed by atoms with Gasteiger partial charge in [0.15, 0.2) is 0 Å². The number of nitrogens with two attached hydrogens (primary N) is 1. The molecule has 0 saturated heterocycles. The predicted octanol–water partition coefficient (Wildman–Crippen LogP) is 2.76. The first-order valence-corrected chi connectivity index (χ1v) is 5.24. The molecule has 2 N–H and O–H groups in total. The predicted molar refractivity (Wildman–Crippen MR) is 58.4 cm³/mol. The molecule has 1 aliphatic carbocycles. The molecule has 0 atom stereocenters.